The number of nitrogens with zero attached hydrogens (tertiary/aromatic N) is 4. The van der Waals surface area contributed by atoms with Crippen LogP contribution >= 0.6 is 24.0 Å². The number of aromatic nitrogens is 2. The summed E-state index contributed by atoms with van der Waals surface area (Å²) in [4.78, 5) is 18.0. The molecule has 9 heteroatoms. The van der Waals surface area contributed by atoms with Gasteiger partial charge in [-0.25, -0.2) is 9.67 Å². The number of rotatable bonds is 7. The van der Waals surface area contributed by atoms with E-state index >= 15 is 0 Å². The zero-order valence-electron chi connectivity index (χ0n) is 17.7. The number of nitrogens with one attached hydrogen (secondary N) is 2. The molecule has 1 amide bonds. The van der Waals surface area contributed by atoms with E-state index in [1.54, 1.807) is 20.3 Å². The van der Waals surface area contributed by atoms with Crippen LogP contribution in [0.5, 0.6) is 0 Å². The molecule has 3 rings (SSSR count). The van der Waals surface area contributed by atoms with E-state index in [0.29, 0.717) is 12.5 Å². The maximum absolute atomic E-state index is 12.0. The zero-order valence-corrected chi connectivity index (χ0v) is 20.1. The first-order valence-corrected chi connectivity index (χ1v) is 9.99. The van der Waals surface area contributed by atoms with Gasteiger partial charge in [0.15, 0.2) is 5.96 Å². The van der Waals surface area contributed by atoms with Gasteiger partial charge in [-0.2, -0.15) is 5.10 Å². The highest BCUT2D eigenvalue weighted by molar-refractivity contribution is 14.0. The number of benzene rings is 1. The van der Waals surface area contributed by atoms with Crippen LogP contribution in [-0.2, 0) is 9.53 Å². The average Bonchev–Trinajstić information content (AvgIpc) is 3.43. The Balaban J connectivity index is 0.00000320. The molecular weight excluding hydrogens is 495 g/mol. The van der Waals surface area contributed by atoms with E-state index in [-0.39, 0.29) is 48.6 Å². The van der Waals surface area contributed by atoms with Crippen molar-refractivity contribution in [1.29, 1.82) is 0 Å². The Labute approximate surface area is 195 Å². The minimum atomic E-state index is -0.0449. The lowest BCUT2D eigenvalue weighted by Gasteiger charge is -2.21. The Hall–Kier alpha value is -2.14. The highest BCUT2D eigenvalue weighted by Gasteiger charge is 2.17. The fourth-order valence-corrected chi connectivity index (χ4v) is 3.10. The van der Waals surface area contributed by atoms with Crippen LogP contribution in [0.1, 0.15) is 31.4 Å². The van der Waals surface area contributed by atoms with E-state index in [0.717, 1.165) is 30.7 Å². The molecule has 1 aromatic carbocycles. The van der Waals surface area contributed by atoms with E-state index in [1.165, 1.54) is 4.90 Å². The van der Waals surface area contributed by atoms with Gasteiger partial charge in [0.2, 0.25) is 5.91 Å². The van der Waals surface area contributed by atoms with Crippen molar-refractivity contribution in [2.24, 2.45) is 4.99 Å². The van der Waals surface area contributed by atoms with Crippen LogP contribution in [-0.4, -0.2) is 66.4 Å². The smallest absolute Gasteiger partial charge is 0.243 e. The van der Waals surface area contributed by atoms with Gasteiger partial charge in [0, 0.05) is 39.6 Å². The summed E-state index contributed by atoms with van der Waals surface area (Å²) in [5.74, 6) is 0.559. The Kier molecular flexibility index (Phi) is 9.57. The van der Waals surface area contributed by atoms with Crippen molar-refractivity contribution in [2.75, 3.05) is 33.8 Å². The van der Waals surface area contributed by atoms with Gasteiger partial charge in [-0.3, -0.25) is 4.79 Å². The standard InChI is InChI=1S/C21H30N6O2.HI/c1-16(17-7-4-8-18(13-17)27-11-6-10-24-27)25-21(23-15-20(28)26(2)3)22-14-19-9-5-12-29-19;/h4,6-8,10-11,13,16,19H,5,9,12,14-15H2,1-3H3,(H2,22,23,25);1H. The fraction of sp³-hybridized carbons (Fsp3) is 0.476. The molecule has 0 saturated carbocycles. The van der Waals surface area contributed by atoms with Crippen LogP contribution in [0, 0.1) is 0 Å². The largest absolute Gasteiger partial charge is 0.376 e. The predicted molar refractivity (Wildman–Crippen MR) is 129 cm³/mol. The Morgan fingerprint density at radius 3 is 2.90 bits per heavy atom. The van der Waals surface area contributed by atoms with Crippen LogP contribution in [0.4, 0.5) is 0 Å². The van der Waals surface area contributed by atoms with Crippen LogP contribution < -0.4 is 10.6 Å². The summed E-state index contributed by atoms with van der Waals surface area (Å²) in [7, 11) is 3.46. The molecule has 1 aliphatic heterocycles. The Morgan fingerprint density at radius 2 is 2.23 bits per heavy atom. The molecular formula is C21H31IN6O2. The van der Waals surface area contributed by atoms with Gasteiger partial charge in [-0.05, 0) is 43.5 Å². The highest BCUT2D eigenvalue weighted by Crippen LogP contribution is 2.16. The van der Waals surface area contributed by atoms with Crippen LogP contribution in [0.2, 0.25) is 0 Å². The maximum atomic E-state index is 12.0. The molecule has 2 unspecified atom stereocenters. The van der Waals surface area contributed by atoms with E-state index in [4.69, 9.17) is 4.74 Å². The van der Waals surface area contributed by atoms with Crippen molar-refractivity contribution in [3.05, 3.63) is 48.3 Å². The molecule has 1 saturated heterocycles. The van der Waals surface area contributed by atoms with Crippen molar-refractivity contribution >= 4 is 35.8 Å². The minimum Gasteiger partial charge on any atom is -0.376 e. The van der Waals surface area contributed by atoms with Crippen LogP contribution in [0.25, 0.3) is 5.69 Å². The van der Waals surface area contributed by atoms with Crippen molar-refractivity contribution < 1.29 is 9.53 Å². The van der Waals surface area contributed by atoms with Gasteiger partial charge in [-0.15, -0.1) is 24.0 Å². The molecule has 2 aromatic rings. The molecule has 8 nitrogen and oxygen atoms in total. The number of carbonyl (C=O) groups is 1. The molecule has 1 fully saturated rings. The first-order valence-electron chi connectivity index (χ1n) is 9.99. The number of ether oxygens (including phenoxy) is 1. The van der Waals surface area contributed by atoms with E-state index in [2.05, 4.69) is 39.8 Å². The maximum Gasteiger partial charge on any atom is 0.243 e. The number of halogens is 1. The lowest BCUT2D eigenvalue weighted by molar-refractivity contribution is -0.127. The van der Waals surface area contributed by atoms with Crippen molar-refractivity contribution in [1.82, 2.24) is 25.3 Å². The summed E-state index contributed by atoms with van der Waals surface area (Å²) in [5, 5.41) is 11.0. The molecule has 30 heavy (non-hydrogen) atoms. The number of hydrogen-bond acceptors (Lipinski definition) is 4. The number of carbonyl (C=O) groups excluding carboxylic acids is 1. The molecule has 1 aliphatic rings. The number of likely N-dealkylation sites (N-methyl/N-ethyl adjacent to an activating group) is 1. The van der Waals surface area contributed by atoms with Crippen molar-refractivity contribution in [3.63, 3.8) is 0 Å². The zero-order chi connectivity index (χ0) is 20.6. The summed E-state index contributed by atoms with van der Waals surface area (Å²) in [6, 6.07) is 10.1. The lowest BCUT2D eigenvalue weighted by atomic mass is 10.1. The van der Waals surface area contributed by atoms with Gasteiger partial charge in [0.25, 0.3) is 0 Å². The van der Waals surface area contributed by atoms with Gasteiger partial charge < -0.3 is 20.3 Å². The summed E-state index contributed by atoms with van der Waals surface area (Å²) in [5.41, 5.74) is 2.10. The van der Waals surface area contributed by atoms with Gasteiger partial charge in [0.05, 0.1) is 17.8 Å². The minimum absolute atomic E-state index is 0. The van der Waals surface area contributed by atoms with Gasteiger partial charge in [-0.1, -0.05) is 12.1 Å². The van der Waals surface area contributed by atoms with E-state index < -0.39 is 0 Å². The van der Waals surface area contributed by atoms with Gasteiger partial charge in [0.1, 0.15) is 6.54 Å². The van der Waals surface area contributed by atoms with Crippen molar-refractivity contribution in [3.8, 4) is 5.69 Å². The molecule has 1 aromatic heterocycles. The van der Waals surface area contributed by atoms with Crippen LogP contribution in [0.15, 0.2) is 47.7 Å². The molecule has 0 radical (unpaired) electrons. The number of guanidine groups is 1. The molecule has 2 heterocycles. The number of aliphatic imine (C=N–C) groups is 1. The molecule has 0 bridgehead atoms. The monoisotopic (exact) mass is 526 g/mol. The third-order valence-corrected chi connectivity index (χ3v) is 4.88. The third kappa shape index (κ3) is 6.98. The average molecular weight is 526 g/mol. The Bertz CT molecular complexity index is 819. The van der Waals surface area contributed by atoms with Gasteiger partial charge >= 0.3 is 0 Å². The SMILES string of the molecule is CC(NC(=NCC(=O)N(C)C)NCC1CCCO1)c1cccc(-n2cccn2)c1.I. The van der Waals surface area contributed by atoms with E-state index in [9.17, 15) is 4.79 Å². The molecule has 0 spiro atoms. The van der Waals surface area contributed by atoms with Crippen LogP contribution in [0.3, 0.4) is 0 Å². The summed E-state index contributed by atoms with van der Waals surface area (Å²) >= 11 is 0. The summed E-state index contributed by atoms with van der Waals surface area (Å²) in [6.45, 7) is 3.64. The molecule has 0 aliphatic carbocycles. The second-order valence-electron chi connectivity index (χ2n) is 7.38. The second kappa shape index (κ2) is 11.9. The Morgan fingerprint density at radius 1 is 1.40 bits per heavy atom. The quantitative estimate of drug-likeness (QED) is 0.329. The normalized spacial score (nSPS) is 17.2. The predicted octanol–water partition coefficient (Wildman–Crippen LogP) is 2.35. The van der Waals surface area contributed by atoms with Crippen molar-refractivity contribution in [2.45, 2.75) is 31.9 Å². The first kappa shape index (κ1) is 24.1. The van der Waals surface area contributed by atoms with E-state index in [1.807, 2.05) is 29.1 Å². The highest BCUT2D eigenvalue weighted by atomic mass is 127. The number of amides is 1. The molecule has 2 atom stereocenters. The lowest BCUT2D eigenvalue weighted by Crippen LogP contribution is -2.42. The second-order valence-corrected chi connectivity index (χ2v) is 7.38. The summed E-state index contributed by atoms with van der Waals surface area (Å²) < 4.78 is 7.51. The first-order chi connectivity index (χ1) is 14.0. The topological polar surface area (TPSA) is 83.8 Å². The fourth-order valence-electron chi connectivity index (χ4n) is 3.10. The molecule has 2 N–H and O–H groups in total. The number of hydrogen-bond donors (Lipinski definition) is 2. The molecule has 164 valence electrons. The third-order valence-electron chi connectivity index (χ3n) is 4.88. The summed E-state index contributed by atoms with van der Waals surface area (Å²) in [6.07, 6.45) is 5.99.